The van der Waals surface area contributed by atoms with Gasteiger partial charge in [0, 0.05) is 24.7 Å². The van der Waals surface area contributed by atoms with E-state index in [2.05, 4.69) is 0 Å². The fourth-order valence-corrected chi connectivity index (χ4v) is 1.00. The monoisotopic (exact) mass is 158 g/mol. The standard InChI is InChI=1S/C7H10O4/c8-2-1-6-5(4-9)3-7(10)11-6/h3,6,8-9H,1-2,4H2. The van der Waals surface area contributed by atoms with Gasteiger partial charge in [0.15, 0.2) is 0 Å². The molecular formula is C7H10O4. The van der Waals surface area contributed by atoms with E-state index in [-0.39, 0.29) is 13.2 Å². The molecule has 1 unspecified atom stereocenters. The number of esters is 1. The number of hydrogen-bond donors (Lipinski definition) is 2. The molecule has 0 aromatic heterocycles. The highest BCUT2D eigenvalue weighted by molar-refractivity contribution is 5.85. The summed E-state index contributed by atoms with van der Waals surface area (Å²) >= 11 is 0. The summed E-state index contributed by atoms with van der Waals surface area (Å²) in [6, 6.07) is 0. The minimum atomic E-state index is -0.437. The molecule has 4 heteroatoms. The lowest BCUT2D eigenvalue weighted by molar-refractivity contribution is -0.139. The van der Waals surface area contributed by atoms with Gasteiger partial charge in [-0.2, -0.15) is 0 Å². The zero-order valence-corrected chi connectivity index (χ0v) is 5.99. The molecule has 11 heavy (non-hydrogen) atoms. The van der Waals surface area contributed by atoms with Crippen LogP contribution in [0.2, 0.25) is 0 Å². The zero-order valence-electron chi connectivity index (χ0n) is 5.99. The van der Waals surface area contributed by atoms with Gasteiger partial charge in [0.2, 0.25) is 0 Å². The van der Waals surface area contributed by atoms with Crippen LogP contribution >= 0.6 is 0 Å². The van der Waals surface area contributed by atoms with Crippen molar-refractivity contribution in [3.63, 3.8) is 0 Å². The van der Waals surface area contributed by atoms with E-state index in [0.717, 1.165) is 0 Å². The van der Waals surface area contributed by atoms with Crippen LogP contribution in [-0.4, -0.2) is 35.5 Å². The number of carbonyl (C=O) groups is 1. The maximum Gasteiger partial charge on any atom is 0.331 e. The predicted octanol–water partition coefficient (Wildman–Crippen LogP) is -0.787. The van der Waals surface area contributed by atoms with Crippen LogP contribution in [-0.2, 0) is 9.53 Å². The van der Waals surface area contributed by atoms with E-state index in [1.807, 2.05) is 0 Å². The summed E-state index contributed by atoms with van der Waals surface area (Å²) in [4.78, 5) is 10.6. The molecule has 1 rings (SSSR count). The fraction of sp³-hybridized carbons (Fsp3) is 0.571. The van der Waals surface area contributed by atoms with Gasteiger partial charge in [-0.3, -0.25) is 0 Å². The Kier molecular flexibility index (Phi) is 2.62. The first kappa shape index (κ1) is 8.23. The lowest BCUT2D eigenvalue weighted by Gasteiger charge is -2.09. The summed E-state index contributed by atoms with van der Waals surface area (Å²) in [6.07, 6.45) is 1.20. The van der Waals surface area contributed by atoms with E-state index < -0.39 is 12.1 Å². The summed E-state index contributed by atoms with van der Waals surface area (Å²) in [5.41, 5.74) is 0.545. The minimum absolute atomic E-state index is 0.0463. The Hall–Kier alpha value is -0.870. The first-order valence-electron chi connectivity index (χ1n) is 3.40. The number of carbonyl (C=O) groups excluding carboxylic acids is 1. The molecule has 0 saturated heterocycles. The molecule has 0 saturated carbocycles. The molecule has 1 aliphatic rings. The van der Waals surface area contributed by atoms with Crippen molar-refractivity contribution in [2.75, 3.05) is 13.2 Å². The highest BCUT2D eigenvalue weighted by atomic mass is 16.5. The zero-order chi connectivity index (χ0) is 8.27. The average molecular weight is 158 g/mol. The van der Waals surface area contributed by atoms with E-state index in [0.29, 0.717) is 12.0 Å². The molecule has 0 radical (unpaired) electrons. The molecule has 1 heterocycles. The maximum atomic E-state index is 10.6. The normalized spacial score (nSPS) is 23.3. The molecule has 0 spiro atoms. The van der Waals surface area contributed by atoms with Gasteiger partial charge in [-0.25, -0.2) is 4.79 Å². The van der Waals surface area contributed by atoms with Gasteiger partial charge >= 0.3 is 5.97 Å². The number of ether oxygens (including phenoxy) is 1. The summed E-state index contributed by atoms with van der Waals surface area (Å²) in [5, 5.41) is 17.2. The van der Waals surface area contributed by atoms with Gasteiger partial charge in [0.05, 0.1) is 6.61 Å². The second-order valence-corrected chi connectivity index (χ2v) is 2.32. The van der Waals surface area contributed by atoms with Crippen LogP contribution in [0, 0.1) is 0 Å². The van der Waals surface area contributed by atoms with E-state index in [1.165, 1.54) is 6.08 Å². The van der Waals surface area contributed by atoms with Crippen LogP contribution in [0.4, 0.5) is 0 Å². The number of aliphatic hydroxyl groups excluding tert-OH is 2. The summed E-state index contributed by atoms with van der Waals surface area (Å²) in [5.74, 6) is -0.437. The Morgan fingerprint density at radius 1 is 1.55 bits per heavy atom. The second kappa shape index (κ2) is 3.50. The third-order valence-corrected chi connectivity index (χ3v) is 1.55. The Balaban J connectivity index is 2.56. The third kappa shape index (κ3) is 1.78. The molecule has 2 N–H and O–H groups in total. The van der Waals surface area contributed by atoms with Crippen LogP contribution in [0.1, 0.15) is 6.42 Å². The maximum absolute atomic E-state index is 10.6. The Morgan fingerprint density at radius 3 is 2.82 bits per heavy atom. The molecule has 0 bridgehead atoms. The van der Waals surface area contributed by atoms with Gasteiger partial charge in [0.25, 0.3) is 0 Å². The van der Waals surface area contributed by atoms with E-state index in [9.17, 15) is 4.79 Å². The van der Waals surface area contributed by atoms with E-state index >= 15 is 0 Å². The van der Waals surface area contributed by atoms with Crippen molar-refractivity contribution in [2.24, 2.45) is 0 Å². The Morgan fingerprint density at radius 2 is 2.27 bits per heavy atom. The van der Waals surface area contributed by atoms with Gasteiger partial charge in [-0.15, -0.1) is 0 Å². The molecule has 0 amide bonds. The van der Waals surface area contributed by atoms with Crippen molar-refractivity contribution >= 4 is 5.97 Å². The molecule has 1 atom stereocenters. The van der Waals surface area contributed by atoms with Crippen molar-refractivity contribution in [2.45, 2.75) is 12.5 Å². The summed E-state index contributed by atoms with van der Waals surface area (Å²) < 4.78 is 4.75. The minimum Gasteiger partial charge on any atom is -0.454 e. The topological polar surface area (TPSA) is 66.8 Å². The van der Waals surface area contributed by atoms with Gasteiger partial charge in [0.1, 0.15) is 6.10 Å². The highest BCUT2D eigenvalue weighted by Crippen LogP contribution is 2.17. The van der Waals surface area contributed by atoms with Crippen molar-refractivity contribution in [1.29, 1.82) is 0 Å². The summed E-state index contributed by atoms with van der Waals surface area (Å²) in [6.45, 7) is -0.230. The number of aliphatic hydroxyl groups is 2. The van der Waals surface area contributed by atoms with Gasteiger partial charge < -0.3 is 14.9 Å². The number of rotatable bonds is 3. The lowest BCUT2D eigenvalue weighted by Crippen LogP contribution is -2.15. The molecule has 0 aromatic rings. The van der Waals surface area contributed by atoms with Crippen molar-refractivity contribution in [3.05, 3.63) is 11.6 Å². The van der Waals surface area contributed by atoms with Gasteiger partial charge in [-0.05, 0) is 0 Å². The first-order chi connectivity index (χ1) is 5.27. The summed E-state index contributed by atoms with van der Waals surface area (Å²) in [7, 11) is 0. The molecule has 0 aliphatic carbocycles. The van der Waals surface area contributed by atoms with Crippen LogP contribution in [0.15, 0.2) is 11.6 Å². The number of cyclic esters (lactones) is 1. The second-order valence-electron chi connectivity index (χ2n) is 2.32. The molecule has 62 valence electrons. The van der Waals surface area contributed by atoms with Crippen LogP contribution in [0.5, 0.6) is 0 Å². The van der Waals surface area contributed by atoms with Crippen LogP contribution in [0.25, 0.3) is 0 Å². The molecule has 1 aliphatic heterocycles. The average Bonchev–Trinajstić information content (AvgIpc) is 2.32. The van der Waals surface area contributed by atoms with Crippen molar-refractivity contribution in [1.82, 2.24) is 0 Å². The van der Waals surface area contributed by atoms with Crippen LogP contribution < -0.4 is 0 Å². The lowest BCUT2D eigenvalue weighted by atomic mass is 10.1. The smallest absolute Gasteiger partial charge is 0.331 e. The molecule has 0 aromatic carbocycles. The van der Waals surface area contributed by atoms with Crippen molar-refractivity contribution in [3.8, 4) is 0 Å². The Labute approximate surface area is 64.1 Å². The molecule has 0 fully saturated rings. The number of hydrogen-bond acceptors (Lipinski definition) is 4. The fourth-order valence-electron chi connectivity index (χ4n) is 1.00. The van der Waals surface area contributed by atoms with Crippen LogP contribution in [0.3, 0.4) is 0 Å². The van der Waals surface area contributed by atoms with Crippen molar-refractivity contribution < 1.29 is 19.7 Å². The molecule has 4 nitrogen and oxygen atoms in total. The first-order valence-corrected chi connectivity index (χ1v) is 3.40. The third-order valence-electron chi connectivity index (χ3n) is 1.55. The van der Waals surface area contributed by atoms with E-state index in [1.54, 1.807) is 0 Å². The Bertz CT molecular complexity index is 185. The highest BCUT2D eigenvalue weighted by Gasteiger charge is 2.24. The quantitative estimate of drug-likeness (QED) is 0.528. The predicted molar refractivity (Wildman–Crippen MR) is 36.8 cm³/mol. The van der Waals surface area contributed by atoms with Gasteiger partial charge in [-0.1, -0.05) is 0 Å². The van der Waals surface area contributed by atoms with E-state index in [4.69, 9.17) is 14.9 Å². The molecular weight excluding hydrogens is 148 g/mol. The largest absolute Gasteiger partial charge is 0.454 e. The SMILES string of the molecule is O=C1C=C(CO)C(CCO)O1.